The zero-order valence-electron chi connectivity index (χ0n) is 18.9. The van der Waals surface area contributed by atoms with Crippen molar-refractivity contribution in [3.05, 3.63) is 65.7 Å². The van der Waals surface area contributed by atoms with E-state index in [1.165, 1.54) is 12.1 Å². The first kappa shape index (κ1) is 23.7. The number of hydrogen-bond donors (Lipinski definition) is 0. The molecule has 2 amide bonds. The van der Waals surface area contributed by atoms with E-state index in [1.807, 2.05) is 13.8 Å². The Hall–Kier alpha value is -2.96. The van der Waals surface area contributed by atoms with Gasteiger partial charge in [-0.1, -0.05) is 30.3 Å². The fourth-order valence-electron chi connectivity index (χ4n) is 3.95. The van der Waals surface area contributed by atoms with Crippen molar-refractivity contribution in [2.75, 3.05) is 31.6 Å². The third-order valence-corrected chi connectivity index (χ3v) is 6.16. The number of rotatable bonds is 7. The molecule has 1 saturated heterocycles. The lowest BCUT2D eigenvalue weighted by atomic mass is 9.95. The standard InChI is InChI=1S/C25H31F2N3O2/c1-18(2)28(3)25(32)19-12-14-29(15-13-19)24(31)17-30(23-11-7-6-10-22(23)27)16-20-8-4-5-9-21(20)26/h4-11,18-19H,12-17H2,1-3H3. The molecule has 0 unspecified atom stereocenters. The van der Waals surface area contributed by atoms with Crippen LogP contribution in [0.2, 0.25) is 0 Å². The van der Waals surface area contributed by atoms with E-state index in [1.54, 1.807) is 58.1 Å². The van der Waals surface area contributed by atoms with E-state index >= 15 is 0 Å². The first-order valence-corrected chi connectivity index (χ1v) is 11.0. The maximum atomic E-state index is 14.5. The predicted octanol–water partition coefficient (Wildman–Crippen LogP) is 4.08. The summed E-state index contributed by atoms with van der Waals surface area (Å²) >= 11 is 0. The zero-order valence-corrected chi connectivity index (χ0v) is 18.9. The molecule has 0 atom stereocenters. The first-order valence-electron chi connectivity index (χ1n) is 11.0. The second-order valence-electron chi connectivity index (χ2n) is 8.60. The number of carbonyl (C=O) groups is 2. The first-order chi connectivity index (χ1) is 15.3. The molecule has 0 aromatic heterocycles. The second-order valence-corrected chi connectivity index (χ2v) is 8.60. The van der Waals surface area contributed by atoms with Crippen molar-refractivity contribution in [1.29, 1.82) is 0 Å². The highest BCUT2D eigenvalue weighted by Crippen LogP contribution is 2.24. The van der Waals surface area contributed by atoms with Crippen molar-refractivity contribution in [3.8, 4) is 0 Å². The summed E-state index contributed by atoms with van der Waals surface area (Å²) in [6, 6.07) is 12.6. The number of likely N-dealkylation sites (tertiary alicyclic amines) is 1. The predicted molar refractivity (Wildman–Crippen MR) is 121 cm³/mol. The number of anilines is 1. The Morgan fingerprint density at radius 1 is 1.00 bits per heavy atom. The summed E-state index contributed by atoms with van der Waals surface area (Å²) in [6.45, 7) is 4.91. The van der Waals surface area contributed by atoms with Gasteiger partial charge in [-0.05, 0) is 44.9 Å². The minimum atomic E-state index is -0.460. The van der Waals surface area contributed by atoms with Crippen LogP contribution in [0.4, 0.5) is 14.5 Å². The number of piperidine rings is 1. The van der Waals surface area contributed by atoms with E-state index in [9.17, 15) is 18.4 Å². The number of amides is 2. The van der Waals surface area contributed by atoms with Crippen LogP contribution >= 0.6 is 0 Å². The summed E-state index contributed by atoms with van der Waals surface area (Å²) in [5.41, 5.74) is 0.650. The van der Waals surface area contributed by atoms with Gasteiger partial charge in [0.15, 0.2) is 0 Å². The van der Waals surface area contributed by atoms with Gasteiger partial charge in [-0.3, -0.25) is 9.59 Å². The molecule has 3 rings (SSSR count). The van der Waals surface area contributed by atoms with Gasteiger partial charge in [0.2, 0.25) is 11.8 Å². The molecule has 0 aliphatic carbocycles. The number of carbonyl (C=O) groups excluding carboxylic acids is 2. The average Bonchev–Trinajstić information content (AvgIpc) is 2.79. The van der Waals surface area contributed by atoms with Crippen LogP contribution in [0.15, 0.2) is 48.5 Å². The molecule has 1 heterocycles. The summed E-state index contributed by atoms with van der Waals surface area (Å²) in [7, 11) is 1.81. The summed E-state index contributed by atoms with van der Waals surface area (Å²) in [6.07, 6.45) is 1.21. The highest BCUT2D eigenvalue weighted by atomic mass is 19.1. The molecule has 1 aliphatic rings. The van der Waals surface area contributed by atoms with Gasteiger partial charge in [-0.25, -0.2) is 8.78 Å². The molecular formula is C25H31F2N3O2. The van der Waals surface area contributed by atoms with Crippen molar-refractivity contribution >= 4 is 17.5 Å². The molecule has 1 fully saturated rings. The fourth-order valence-corrected chi connectivity index (χ4v) is 3.95. The highest BCUT2D eigenvalue weighted by molar-refractivity contribution is 5.83. The maximum Gasteiger partial charge on any atom is 0.242 e. The highest BCUT2D eigenvalue weighted by Gasteiger charge is 2.30. The molecule has 7 heteroatoms. The lowest BCUT2D eigenvalue weighted by Crippen LogP contribution is -2.47. The average molecular weight is 444 g/mol. The summed E-state index contributed by atoms with van der Waals surface area (Å²) in [5, 5.41) is 0. The number of halogens is 2. The quantitative estimate of drug-likeness (QED) is 0.648. The van der Waals surface area contributed by atoms with Gasteiger partial charge in [-0.2, -0.15) is 0 Å². The number of para-hydroxylation sites is 1. The van der Waals surface area contributed by atoms with Crippen LogP contribution in [0.5, 0.6) is 0 Å². The minimum Gasteiger partial charge on any atom is -0.355 e. The van der Waals surface area contributed by atoms with E-state index in [-0.39, 0.29) is 42.6 Å². The second kappa shape index (κ2) is 10.6. The molecule has 0 spiro atoms. The molecule has 5 nitrogen and oxygen atoms in total. The number of nitrogens with zero attached hydrogens (tertiary/aromatic N) is 3. The minimum absolute atomic E-state index is 0.0697. The molecule has 0 bridgehead atoms. The number of benzene rings is 2. The van der Waals surface area contributed by atoms with Crippen molar-refractivity contribution in [3.63, 3.8) is 0 Å². The lowest BCUT2D eigenvalue weighted by molar-refractivity contribution is -0.140. The van der Waals surface area contributed by atoms with Gasteiger partial charge < -0.3 is 14.7 Å². The van der Waals surface area contributed by atoms with Crippen LogP contribution in [0, 0.1) is 17.6 Å². The Kier molecular flexibility index (Phi) is 7.83. The van der Waals surface area contributed by atoms with E-state index < -0.39 is 11.6 Å². The molecule has 32 heavy (non-hydrogen) atoms. The van der Waals surface area contributed by atoms with Crippen LogP contribution < -0.4 is 4.90 Å². The molecule has 2 aromatic carbocycles. The van der Waals surface area contributed by atoms with E-state index in [0.29, 0.717) is 31.5 Å². The molecule has 0 saturated carbocycles. The van der Waals surface area contributed by atoms with Gasteiger partial charge in [0.05, 0.1) is 12.2 Å². The van der Waals surface area contributed by atoms with Gasteiger partial charge in [0.1, 0.15) is 11.6 Å². The van der Waals surface area contributed by atoms with Crippen molar-refractivity contribution in [1.82, 2.24) is 9.80 Å². The Morgan fingerprint density at radius 2 is 1.59 bits per heavy atom. The Morgan fingerprint density at radius 3 is 2.19 bits per heavy atom. The zero-order chi connectivity index (χ0) is 23.3. The van der Waals surface area contributed by atoms with Gasteiger partial charge in [0.25, 0.3) is 0 Å². The smallest absolute Gasteiger partial charge is 0.242 e. The monoisotopic (exact) mass is 443 g/mol. The van der Waals surface area contributed by atoms with Crippen molar-refractivity contribution < 1.29 is 18.4 Å². The SMILES string of the molecule is CC(C)N(C)C(=O)C1CCN(C(=O)CN(Cc2ccccc2F)c2ccccc2F)CC1. The molecule has 0 N–H and O–H groups in total. The van der Waals surface area contributed by atoms with Crippen LogP contribution in [0.3, 0.4) is 0 Å². The fraction of sp³-hybridized carbons (Fsp3) is 0.440. The Balaban J connectivity index is 1.69. The van der Waals surface area contributed by atoms with Crippen molar-refractivity contribution in [2.45, 2.75) is 39.3 Å². The lowest BCUT2D eigenvalue weighted by Gasteiger charge is -2.35. The van der Waals surface area contributed by atoms with Crippen LogP contribution in [-0.4, -0.2) is 54.3 Å². The van der Waals surface area contributed by atoms with Crippen LogP contribution in [-0.2, 0) is 16.1 Å². The third-order valence-electron chi connectivity index (χ3n) is 6.16. The molecule has 0 radical (unpaired) electrons. The van der Waals surface area contributed by atoms with Crippen LogP contribution in [0.1, 0.15) is 32.3 Å². The van der Waals surface area contributed by atoms with Crippen LogP contribution in [0.25, 0.3) is 0 Å². The van der Waals surface area contributed by atoms with Crippen molar-refractivity contribution in [2.24, 2.45) is 5.92 Å². The Bertz CT molecular complexity index is 942. The Labute approximate surface area is 188 Å². The summed E-state index contributed by atoms with van der Waals surface area (Å²) < 4.78 is 28.8. The largest absolute Gasteiger partial charge is 0.355 e. The molecular weight excluding hydrogens is 412 g/mol. The topological polar surface area (TPSA) is 43.9 Å². The summed E-state index contributed by atoms with van der Waals surface area (Å²) in [5.74, 6) is -0.993. The van der Waals surface area contributed by atoms with E-state index in [2.05, 4.69) is 0 Å². The van der Waals surface area contributed by atoms with Gasteiger partial charge in [0, 0.05) is 44.2 Å². The normalized spacial score (nSPS) is 14.5. The summed E-state index contributed by atoms with van der Waals surface area (Å²) in [4.78, 5) is 30.7. The number of hydrogen-bond acceptors (Lipinski definition) is 3. The molecule has 2 aromatic rings. The maximum absolute atomic E-state index is 14.5. The third kappa shape index (κ3) is 5.64. The van der Waals surface area contributed by atoms with E-state index in [0.717, 1.165) is 0 Å². The molecule has 1 aliphatic heterocycles. The van der Waals surface area contributed by atoms with E-state index in [4.69, 9.17) is 0 Å². The molecule has 172 valence electrons. The van der Waals surface area contributed by atoms with Gasteiger partial charge in [-0.15, -0.1) is 0 Å². The van der Waals surface area contributed by atoms with Gasteiger partial charge >= 0.3 is 0 Å².